The Kier molecular flexibility index (Phi) is 5.61. The monoisotopic (exact) mass is 493 g/mol. The van der Waals surface area contributed by atoms with Gasteiger partial charge in [0.15, 0.2) is 11.5 Å². The summed E-state index contributed by atoms with van der Waals surface area (Å²) in [4.78, 5) is 39.4. The number of carbonyl (C=O) groups excluding carboxylic acids is 1. The second-order valence-electron chi connectivity index (χ2n) is 9.68. The minimum atomic E-state index is -0.256. The fourth-order valence-electron chi connectivity index (χ4n) is 5.17. The van der Waals surface area contributed by atoms with Crippen molar-refractivity contribution in [3.05, 3.63) is 58.3 Å². The van der Waals surface area contributed by atoms with Gasteiger partial charge in [0.25, 0.3) is 0 Å². The topological polar surface area (TPSA) is 102 Å². The molecule has 3 aromatic rings. The third-order valence-electron chi connectivity index (χ3n) is 7.21. The second kappa shape index (κ2) is 8.80. The van der Waals surface area contributed by atoms with Crippen LogP contribution in [0.1, 0.15) is 38.1 Å². The minimum Gasteiger partial charge on any atom is -0.382 e. The highest BCUT2D eigenvalue weighted by atomic mass is 35.5. The van der Waals surface area contributed by atoms with Crippen molar-refractivity contribution in [2.45, 2.75) is 50.2 Å². The van der Waals surface area contributed by atoms with Crippen LogP contribution in [0, 0.1) is 0 Å². The summed E-state index contributed by atoms with van der Waals surface area (Å²) in [5, 5.41) is 0.574. The van der Waals surface area contributed by atoms with E-state index in [4.69, 9.17) is 17.3 Å². The predicted molar refractivity (Wildman–Crippen MR) is 135 cm³/mol. The van der Waals surface area contributed by atoms with Crippen LogP contribution < -0.4 is 11.4 Å². The summed E-state index contributed by atoms with van der Waals surface area (Å²) in [6.07, 6.45) is 10.8. The number of benzene rings is 1. The van der Waals surface area contributed by atoms with Crippen molar-refractivity contribution in [3.8, 4) is 5.69 Å². The molecule has 3 aliphatic rings. The number of halogens is 1. The molecule has 6 rings (SSSR count). The first kappa shape index (κ1) is 22.3. The van der Waals surface area contributed by atoms with Crippen molar-refractivity contribution in [2.75, 3.05) is 25.4 Å². The minimum absolute atomic E-state index is 0.0114. The van der Waals surface area contributed by atoms with E-state index < -0.39 is 0 Å². The first-order valence-corrected chi connectivity index (χ1v) is 12.6. The van der Waals surface area contributed by atoms with Crippen molar-refractivity contribution in [1.82, 2.24) is 28.9 Å². The van der Waals surface area contributed by atoms with Crippen LogP contribution in [0.2, 0.25) is 5.02 Å². The molecule has 2 aromatic heterocycles. The van der Waals surface area contributed by atoms with Gasteiger partial charge in [-0.1, -0.05) is 17.7 Å². The van der Waals surface area contributed by atoms with E-state index in [0.717, 1.165) is 6.54 Å². The number of rotatable bonds is 7. The van der Waals surface area contributed by atoms with Crippen molar-refractivity contribution in [2.24, 2.45) is 0 Å². The molecule has 182 valence electrons. The summed E-state index contributed by atoms with van der Waals surface area (Å²) in [6.45, 7) is 1.87. The number of likely N-dealkylation sites (tertiary alicyclic amines) is 1. The van der Waals surface area contributed by atoms with Gasteiger partial charge in [-0.15, -0.1) is 0 Å². The lowest BCUT2D eigenvalue weighted by atomic mass is 10.2. The Morgan fingerprint density at radius 1 is 1.11 bits per heavy atom. The molecule has 1 atom stereocenters. The first-order valence-electron chi connectivity index (χ1n) is 12.2. The molecule has 2 saturated carbocycles. The number of nitrogen functional groups attached to an aromatic ring is 1. The summed E-state index contributed by atoms with van der Waals surface area (Å²) in [7, 11) is 0. The second-order valence-corrected chi connectivity index (χ2v) is 10.1. The normalized spacial score (nSPS) is 20.5. The highest BCUT2D eigenvalue weighted by Crippen LogP contribution is 2.37. The molecule has 1 aromatic carbocycles. The van der Waals surface area contributed by atoms with Gasteiger partial charge in [-0.3, -0.25) is 18.8 Å². The largest absolute Gasteiger partial charge is 0.382 e. The van der Waals surface area contributed by atoms with E-state index >= 15 is 0 Å². The lowest BCUT2D eigenvalue weighted by molar-refractivity contribution is -0.125. The average Bonchev–Trinajstić information content (AvgIpc) is 3.78. The van der Waals surface area contributed by atoms with Gasteiger partial charge in [-0.2, -0.15) is 0 Å². The van der Waals surface area contributed by atoms with Crippen molar-refractivity contribution < 1.29 is 4.79 Å². The summed E-state index contributed by atoms with van der Waals surface area (Å²) in [5.41, 5.74) is 7.49. The van der Waals surface area contributed by atoms with E-state index in [1.807, 2.05) is 11.0 Å². The van der Waals surface area contributed by atoms with Crippen molar-refractivity contribution >= 4 is 34.5 Å². The zero-order valence-electron chi connectivity index (χ0n) is 19.4. The fraction of sp³-hybridized carbons (Fsp3) is 0.440. The number of amides is 1. The molecule has 35 heavy (non-hydrogen) atoms. The summed E-state index contributed by atoms with van der Waals surface area (Å²) >= 11 is 6.05. The van der Waals surface area contributed by atoms with Gasteiger partial charge < -0.3 is 10.6 Å². The number of fused-ring (bicyclic) bond motifs is 1. The molecule has 0 radical (unpaired) electrons. The Morgan fingerprint density at radius 3 is 2.51 bits per heavy atom. The molecule has 0 spiro atoms. The summed E-state index contributed by atoms with van der Waals surface area (Å²) < 4.78 is 3.18. The molecule has 1 aliphatic heterocycles. The third-order valence-corrected chi connectivity index (χ3v) is 7.47. The molecule has 0 bridgehead atoms. The van der Waals surface area contributed by atoms with Crippen molar-refractivity contribution in [3.63, 3.8) is 0 Å². The zero-order chi connectivity index (χ0) is 24.1. The van der Waals surface area contributed by atoms with E-state index in [1.165, 1.54) is 36.6 Å². The Morgan fingerprint density at radius 2 is 1.83 bits per heavy atom. The molecule has 10 heteroatoms. The number of hydrogen-bond donors (Lipinski definition) is 1. The van der Waals surface area contributed by atoms with Crippen LogP contribution in [-0.4, -0.2) is 66.5 Å². The van der Waals surface area contributed by atoms with Gasteiger partial charge in [0.05, 0.1) is 11.7 Å². The zero-order valence-corrected chi connectivity index (χ0v) is 20.1. The van der Waals surface area contributed by atoms with Gasteiger partial charge in [0.1, 0.15) is 11.8 Å². The van der Waals surface area contributed by atoms with E-state index in [2.05, 4.69) is 14.9 Å². The predicted octanol–water partition coefficient (Wildman–Crippen LogP) is 2.77. The Bertz CT molecular complexity index is 1340. The number of anilines is 1. The fourth-order valence-corrected chi connectivity index (χ4v) is 5.29. The number of nitrogens with two attached hydrogens (primary N) is 1. The van der Waals surface area contributed by atoms with E-state index in [1.54, 1.807) is 34.9 Å². The number of hydrogen-bond acceptors (Lipinski definition) is 6. The quantitative estimate of drug-likeness (QED) is 0.508. The summed E-state index contributed by atoms with van der Waals surface area (Å²) in [5.74, 6) is 0.216. The van der Waals surface area contributed by atoms with E-state index in [-0.39, 0.29) is 23.5 Å². The standard InChI is InChI=1S/C25H28ClN7O2/c26-16-3-5-19(6-4-16)32-22-23(27)28-15-29-24(22)33(25(32)35)20-11-13-30(14-20)21(34)2-1-12-31(17-7-8-17)18-9-10-18/h1-6,15,17-18,20H,7-14H2,(H2,27,28,29)/b2-1+. The van der Waals surface area contributed by atoms with Gasteiger partial charge in [0.2, 0.25) is 5.91 Å². The molecular weight excluding hydrogens is 466 g/mol. The molecule has 1 saturated heterocycles. The molecule has 2 N–H and O–H groups in total. The molecule has 3 fully saturated rings. The Balaban J connectivity index is 1.24. The van der Waals surface area contributed by atoms with Gasteiger partial charge in [-0.05, 0) is 56.4 Å². The molecule has 1 unspecified atom stereocenters. The smallest absolute Gasteiger partial charge is 0.335 e. The maximum Gasteiger partial charge on any atom is 0.335 e. The third kappa shape index (κ3) is 4.23. The highest BCUT2D eigenvalue weighted by molar-refractivity contribution is 6.30. The molecule has 1 amide bonds. The molecule has 3 heterocycles. The van der Waals surface area contributed by atoms with Crippen LogP contribution >= 0.6 is 11.6 Å². The molecule has 2 aliphatic carbocycles. The maximum atomic E-state index is 13.6. The van der Waals surface area contributed by atoms with Gasteiger partial charge in [0, 0.05) is 42.8 Å². The first-order chi connectivity index (χ1) is 17.0. The van der Waals surface area contributed by atoms with Gasteiger partial charge >= 0.3 is 5.69 Å². The molecule has 9 nitrogen and oxygen atoms in total. The van der Waals surface area contributed by atoms with E-state index in [0.29, 0.717) is 53.5 Å². The number of carbonyl (C=O) groups is 1. The lowest BCUT2D eigenvalue weighted by Crippen LogP contribution is -2.31. The number of aromatic nitrogens is 4. The lowest BCUT2D eigenvalue weighted by Gasteiger charge is -2.19. The SMILES string of the molecule is Nc1ncnc2c1n(-c1ccc(Cl)cc1)c(=O)n2C1CCN(C(=O)/C=C/CN(C2CC2)C2CC2)C1. The van der Waals surface area contributed by atoms with Crippen LogP contribution in [0.4, 0.5) is 5.82 Å². The van der Waals surface area contributed by atoms with E-state index in [9.17, 15) is 9.59 Å². The van der Waals surface area contributed by atoms with Crippen molar-refractivity contribution in [1.29, 1.82) is 0 Å². The van der Waals surface area contributed by atoms with Crippen LogP contribution in [0.5, 0.6) is 0 Å². The maximum absolute atomic E-state index is 13.6. The van der Waals surface area contributed by atoms with Crippen LogP contribution in [-0.2, 0) is 4.79 Å². The highest BCUT2D eigenvalue weighted by Gasteiger charge is 2.38. The van der Waals surface area contributed by atoms with Crippen LogP contribution in [0.15, 0.2) is 47.5 Å². The number of nitrogens with zero attached hydrogens (tertiary/aromatic N) is 6. The summed E-state index contributed by atoms with van der Waals surface area (Å²) in [6, 6.07) is 8.20. The Labute approximate surface area is 207 Å². The van der Waals surface area contributed by atoms with Crippen LogP contribution in [0.25, 0.3) is 16.9 Å². The number of imidazole rings is 1. The van der Waals surface area contributed by atoms with Crippen LogP contribution in [0.3, 0.4) is 0 Å². The Hall–Kier alpha value is -3.17. The average molecular weight is 494 g/mol. The van der Waals surface area contributed by atoms with Gasteiger partial charge in [-0.25, -0.2) is 14.8 Å². The molecular formula is C25H28ClN7O2.